The third-order valence-corrected chi connectivity index (χ3v) is 3.85. The third kappa shape index (κ3) is 5.18. The molecule has 0 bridgehead atoms. The molecule has 0 fully saturated rings. The van der Waals surface area contributed by atoms with Crippen LogP contribution in [0.3, 0.4) is 0 Å². The van der Waals surface area contributed by atoms with E-state index in [-0.39, 0.29) is 6.10 Å². The largest absolute Gasteiger partial charge is 0.489 e. The molecule has 1 atom stereocenters. The van der Waals surface area contributed by atoms with E-state index < -0.39 is 0 Å². The summed E-state index contributed by atoms with van der Waals surface area (Å²) in [5.41, 5.74) is 2.00. The molecule has 0 spiro atoms. The van der Waals surface area contributed by atoms with Crippen molar-refractivity contribution < 1.29 is 9.84 Å². The first-order chi connectivity index (χ1) is 10.6. The molecular weight excluding hydrogens is 321 g/mol. The van der Waals surface area contributed by atoms with Gasteiger partial charge in [0.25, 0.3) is 0 Å². The fraction of sp³-hybridized carbons (Fsp3) is 0.294. The summed E-state index contributed by atoms with van der Waals surface area (Å²) < 4.78 is 5.87. The van der Waals surface area contributed by atoms with Gasteiger partial charge in [-0.2, -0.15) is 0 Å². The highest BCUT2D eigenvalue weighted by Crippen LogP contribution is 2.24. The lowest BCUT2D eigenvalue weighted by Crippen LogP contribution is -2.24. The molecule has 3 nitrogen and oxygen atoms in total. The van der Waals surface area contributed by atoms with Crippen LogP contribution < -0.4 is 10.1 Å². The zero-order valence-electron chi connectivity index (χ0n) is 12.4. The SMILES string of the molecule is C[C@@H](O)CNCc1ccccc1OCc1ccc(Cl)c(Cl)c1. The van der Waals surface area contributed by atoms with Gasteiger partial charge in [0.15, 0.2) is 0 Å². The fourth-order valence-electron chi connectivity index (χ4n) is 2.00. The number of ether oxygens (including phenoxy) is 1. The molecule has 0 aliphatic rings. The van der Waals surface area contributed by atoms with E-state index in [1.54, 1.807) is 19.1 Å². The molecule has 5 heteroatoms. The molecule has 0 radical (unpaired) electrons. The summed E-state index contributed by atoms with van der Waals surface area (Å²) in [4.78, 5) is 0. The first-order valence-corrected chi connectivity index (χ1v) is 7.85. The normalized spacial score (nSPS) is 12.2. The molecule has 22 heavy (non-hydrogen) atoms. The van der Waals surface area contributed by atoms with Crippen LogP contribution in [0.1, 0.15) is 18.1 Å². The van der Waals surface area contributed by atoms with Gasteiger partial charge in [-0.15, -0.1) is 0 Å². The summed E-state index contributed by atoms with van der Waals surface area (Å²) in [6, 6.07) is 13.3. The van der Waals surface area contributed by atoms with Gasteiger partial charge in [-0.05, 0) is 30.7 Å². The number of hydrogen-bond acceptors (Lipinski definition) is 3. The molecule has 0 aliphatic heterocycles. The van der Waals surface area contributed by atoms with Crippen LogP contribution in [0.4, 0.5) is 0 Å². The van der Waals surface area contributed by atoms with E-state index in [9.17, 15) is 5.11 Å². The molecule has 0 saturated heterocycles. The van der Waals surface area contributed by atoms with Crippen molar-refractivity contribution in [1.29, 1.82) is 0 Å². The Balaban J connectivity index is 1.98. The summed E-state index contributed by atoms with van der Waals surface area (Å²) in [5.74, 6) is 0.812. The maximum absolute atomic E-state index is 9.28. The van der Waals surface area contributed by atoms with E-state index in [1.165, 1.54) is 0 Å². The highest BCUT2D eigenvalue weighted by Gasteiger charge is 2.05. The minimum Gasteiger partial charge on any atom is -0.489 e. The number of hydrogen-bond donors (Lipinski definition) is 2. The summed E-state index contributed by atoms with van der Waals surface area (Å²) in [5, 5.41) is 13.5. The van der Waals surface area contributed by atoms with Gasteiger partial charge in [-0.3, -0.25) is 0 Å². The van der Waals surface area contributed by atoms with E-state index in [2.05, 4.69) is 5.32 Å². The second-order valence-electron chi connectivity index (χ2n) is 5.12. The Kier molecular flexibility index (Phi) is 6.52. The van der Waals surface area contributed by atoms with Crippen molar-refractivity contribution in [3.63, 3.8) is 0 Å². The lowest BCUT2D eigenvalue weighted by atomic mass is 10.2. The Morgan fingerprint density at radius 3 is 2.64 bits per heavy atom. The van der Waals surface area contributed by atoms with Crippen LogP contribution in [-0.2, 0) is 13.2 Å². The Bertz CT molecular complexity index is 617. The average molecular weight is 340 g/mol. The van der Waals surface area contributed by atoms with Crippen molar-refractivity contribution in [1.82, 2.24) is 5.32 Å². The lowest BCUT2D eigenvalue weighted by Gasteiger charge is -2.13. The minimum atomic E-state index is -0.371. The predicted molar refractivity (Wildman–Crippen MR) is 90.6 cm³/mol. The molecule has 2 N–H and O–H groups in total. The van der Waals surface area contributed by atoms with E-state index >= 15 is 0 Å². The first kappa shape index (κ1) is 17.1. The molecular formula is C17H19Cl2NO2. The Morgan fingerprint density at radius 1 is 1.14 bits per heavy atom. The maximum atomic E-state index is 9.28. The highest BCUT2D eigenvalue weighted by molar-refractivity contribution is 6.42. The molecule has 0 saturated carbocycles. The topological polar surface area (TPSA) is 41.5 Å². The van der Waals surface area contributed by atoms with Crippen molar-refractivity contribution in [2.75, 3.05) is 6.54 Å². The van der Waals surface area contributed by atoms with E-state index in [1.807, 2.05) is 30.3 Å². The predicted octanol–water partition coefficient (Wildman–Crippen LogP) is 4.04. The molecule has 0 aromatic heterocycles. The van der Waals surface area contributed by atoms with E-state index in [0.29, 0.717) is 29.7 Å². The standard InChI is InChI=1S/C17H19Cl2NO2/c1-12(21)9-20-10-14-4-2-3-5-17(14)22-11-13-6-7-15(18)16(19)8-13/h2-8,12,20-21H,9-11H2,1H3/t12-/m1/s1. The average Bonchev–Trinajstić information content (AvgIpc) is 2.49. The number of aliphatic hydroxyl groups is 1. The zero-order valence-corrected chi connectivity index (χ0v) is 13.9. The smallest absolute Gasteiger partial charge is 0.124 e. The zero-order chi connectivity index (χ0) is 15.9. The van der Waals surface area contributed by atoms with Gasteiger partial charge in [0.2, 0.25) is 0 Å². The van der Waals surface area contributed by atoms with Gasteiger partial charge in [0, 0.05) is 18.7 Å². The molecule has 2 aromatic rings. The second-order valence-corrected chi connectivity index (χ2v) is 5.94. The lowest BCUT2D eigenvalue weighted by molar-refractivity contribution is 0.190. The van der Waals surface area contributed by atoms with Gasteiger partial charge in [0.05, 0.1) is 16.1 Å². The van der Waals surface area contributed by atoms with Crippen LogP contribution in [0.15, 0.2) is 42.5 Å². The Hall–Kier alpha value is -1.26. The molecule has 0 aliphatic carbocycles. The molecule has 0 unspecified atom stereocenters. The molecule has 118 valence electrons. The number of halogens is 2. The van der Waals surface area contributed by atoms with Crippen molar-refractivity contribution >= 4 is 23.2 Å². The van der Waals surface area contributed by atoms with Crippen LogP contribution in [0, 0.1) is 0 Å². The first-order valence-electron chi connectivity index (χ1n) is 7.09. The van der Waals surface area contributed by atoms with Crippen LogP contribution in [0.25, 0.3) is 0 Å². The van der Waals surface area contributed by atoms with Gasteiger partial charge in [-0.25, -0.2) is 0 Å². The minimum absolute atomic E-state index is 0.371. The van der Waals surface area contributed by atoms with E-state index in [0.717, 1.165) is 16.9 Å². The number of aliphatic hydroxyl groups excluding tert-OH is 1. The maximum Gasteiger partial charge on any atom is 0.124 e. The van der Waals surface area contributed by atoms with Crippen LogP contribution in [0.2, 0.25) is 10.0 Å². The van der Waals surface area contributed by atoms with Gasteiger partial charge < -0.3 is 15.2 Å². The number of para-hydroxylation sites is 1. The van der Waals surface area contributed by atoms with Gasteiger partial charge in [-0.1, -0.05) is 47.5 Å². The number of benzene rings is 2. The summed E-state index contributed by atoms with van der Waals surface area (Å²) >= 11 is 11.9. The Labute approximate surface area is 140 Å². The highest BCUT2D eigenvalue weighted by atomic mass is 35.5. The van der Waals surface area contributed by atoms with Crippen molar-refractivity contribution in [3.8, 4) is 5.75 Å². The number of nitrogens with one attached hydrogen (secondary N) is 1. The molecule has 2 rings (SSSR count). The third-order valence-electron chi connectivity index (χ3n) is 3.11. The van der Waals surface area contributed by atoms with Crippen molar-refractivity contribution in [3.05, 3.63) is 63.6 Å². The van der Waals surface area contributed by atoms with Gasteiger partial charge in [0.1, 0.15) is 12.4 Å². The van der Waals surface area contributed by atoms with Crippen molar-refractivity contribution in [2.45, 2.75) is 26.2 Å². The van der Waals surface area contributed by atoms with E-state index in [4.69, 9.17) is 27.9 Å². The quantitative estimate of drug-likeness (QED) is 0.799. The summed E-state index contributed by atoms with van der Waals surface area (Å²) in [6.07, 6.45) is -0.371. The molecule has 2 aromatic carbocycles. The van der Waals surface area contributed by atoms with Crippen LogP contribution in [-0.4, -0.2) is 17.8 Å². The van der Waals surface area contributed by atoms with Crippen LogP contribution >= 0.6 is 23.2 Å². The van der Waals surface area contributed by atoms with Crippen LogP contribution in [0.5, 0.6) is 5.75 Å². The summed E-state index contributed by atoms with van der Waals surface area (Å²) in [6.45, 7) is 3.35. The molecule has 0 heterocycles. The molecule has 0 amide bonds. The van der Waals surface area contributed by atoms with Gasteiger partial charge >= 0.3 is 0 Å². The Morgan fingerprint density at radius 2 is 1.91 bits per heavy atom. The second kappa shape index (κ2) is 8.39. The summed E-state index contributed by atoms with van der Waals surface area (Å²) in [7, 11) is 0. The van der Waals surface area contributed by atoms with Crippen molar-refractivity contribution in [2.24, 2.45) is 0 Å². The monoisotopic (exact) mass is 339 g/mol. The number of rotatable bonds is 7. The fourth-order valence-corrected chi connectivity index (χ4v) is 2.32.